The van der Waals surface area contributed by atoms with Crippen molar-refractivity contribution in [3.05, 3.63) is 29.2 Å². The van der Waals surface area contributed by atoms with Crippen LogP contribution < -0.4 is 0 Å². The van der Waals surface area contributed by atoms with E-state index in [1.165, 1.54) is 0 Å². The van der Waals surface area contributed by atoms with Gasteiger partial charge in [-0.05, 0) is 38.4 Å². The lowest BCUT2D eigenvalue weighted by molar-refractivity contribution is 1.05. The highest BCUT2D eigenvalue weighted by Crippen LogP contribution is 2.20. The molecule has 3 nitrogen and oxygen atoms in total. The first-order valence-electron chi connectivity index (χ1n) is 4.23. The number of allylic oxidation sites excluding steroid dienone is 1. The molecule has 14 heavy (non-hydrogen) atoms. The quantitative estimate of drug-likeness (QED) is 0.555. The van der Waals surface area contributed by atoms with E-state index in [0.29, 0.717) is 5.82 Å². The molecule has 1 heterocycles. The van der Waals surface area contributed by atoms with Crippen LogP contribution in [-0.4, -0.2) is 15.7 Å². The van der Waals surface area contributed by atoms with Crippen molar-refractivity contribution in [1.82, 2.24) is 9.97 Å². The maximum atomic E-state index is 5.73. The molecule has 1 aromatic heterocycles. The number of aromatic nitrogens is 2. The largest absolute Gasteiger partial charge is 0.234 e. The number of hydrogen-bond acceptors (Lipinski definition) is 3. The third kappa shape index (κ3) is 2.39. The van der Waals surface area contributed by atoms with Gasteiger partial charge in [0.2, 0.25) is 5.28 Å². The summed E-state index contributed by atoms with van der Waals surface area (Å²) in [7, 11) is 0. The smallest absolute Gasteiger partial charge is 0.224 e. The van der Waals surface area contributed by atoms with Gasteiger partial charge < -0.3 is 0 Å². The van der Waals surface area contributed by atoms with Crippen LogP contribution in [0.2, 0.25) is 5.28 Å². The zero-order valence-corrected chi connectivity index (χ0v) is 9.26. The monoisotopic (exact) mass is 209 g/mol. The van der Waals surface area contributed by atoms with Crippen molar-refractivity contribution in [2.24, 2.45) is 4.99 Å². The lowest BCUT2D eigenvalue weighted by atomic mass is 10.2. The summed E-state index contributed by atoms with van der Waals surface area (Å²) < 4.78 is 0. The Morgan fingerprint density at radius 1 is 1.43 bits per heavy atom. The third-order valence-corrected chi connectivity index (χ3v) is 2.08. The topological polar surface area (TPSA) is 38.1 Å². The summed E-state index contributed by atoms with van der Waals surface area (Å²) >= 11 is 5.73. The SMILES string of the molecule is C=CC(C)=Nc1nc(Cl)nc(C)c1C. The van der Waals surface area contributed by atoms with Crippen LogP contribution in [0.15, 0.2) is 17.6 Å². The Labute approximate surface area is 88.6 Å². The molecule has 0 fully saturated rings. The first-order chi connectivity index (χ1) is 6.54. The van der Waals surface area contributed by atoms with Crippen molar-refractivity contribution in [1.29, 1.82) is 0 Å². The highest BCUT2D eigenvalue weighted by Gasteiger charge is 2.05. The maximum absolute atomic E-state index is 5.73. The van der Waals surface area contributed by atoms with E-state index in [2.05, 4.69) is 21.5 Å². The minimum atomic E-state index is 0.226. The summed E-state index contributed by atoms with van der Waals surface area (Å²) in [5.74, 6) is 0.611. The fraction of sp³-hybridized carbons (Fsp3) is 0.300. The molecular weight excluding hydrogens is 198 g/mol. The lowest BCUT2D eigenvalue weighted by Gasteiger charge is -2.03. The van der Waals surface area contributed by atoms with Crippen molar-refractivity contribution in [3.8, 4) is 0 Å². The minimum absolute atomic E-state index is 0.226. The van der Waals surface area contributed by atoms with Crippen LogP contribution in [0.4, 0.5) is 5.82 Å². The summed E-state index contributed by atoms with van der Waals surface area (Å²) in [6, 6.07) is 0. The molecule has 0 amide bonds. The Morgan fingerprint density at radius 3 is 2.64 bits per heavy atom. The van der Waals surface area contributed by atoms with Gasteiger partial charge in [0.15, 0.2) is 5.82 Å². The van der Waals surface area contributed by atoms with E-state index in [4.69, 9.17) is 11.6 Å². The highest BCUT2D eigenvalue weighted by atomic mass is 35.5. The summed E-state index contributed by atoms with van der Waals surface area (Å²) in [6.45, 7) is 9.28. The Hall–Kier alpha value is -1.22. The third-order valence-electron chi connectivity index (χ3n) is 1.91. The van der Waals surface area contributed by atoms with E-state index in [0.717, 1.165) is 17.0 Å². The zero-order chi connectivity index (χ0) is 10.7. The predicted molar refractivity (Wildman–Crippen MR) is 59.5 cm³/mol. The van der Waals surface area contributed by atoms with Gasteiger partial charge in [0.05, 0.1) is 0 Å². The van der Waals surface area contributed by atoms with Crippen molar-refractivity contribution in [3.63, 3.8) is 0 Å². The van der Waals surface area contributed by atoms with Crippen LogP contribution in [0.3, 0.4) is 0 Å². The summed E-state index contributed by atoms with van der Waals surface area (Å²) in [5, 5.41) is 0.226. The van der Waals surface area contributed by atoms with E-state index in [9.17, 15) is 0 Å². The molecule has 74 valence electrons. The van der Waals surface area contributed by atoms with Gasteiger partial charge in [-0.1, -0.05) is 6.58 Å². The van der Waals surface area contributed by atoms with Gasteiger partial charge in [-0.3, -0.25) is 0 Å². The van der Waals surface area contributed by atoms with E-state index < -0.39 is 0 Å². The van der Waals surface area contributed by atoms with Crippen molar-refractivity contribution in [2.45, 2.75) is 20.8 Å². The fourth-order valence-corrected chi connectivity index (χ4v) is 1.11. The lowest BCUT2D eigenvalue weighted by Crippen LogP contribution is -1.93. The van der Waals surface area contributed by atoms with Gasteiger partial charge in [-0.25, -0.2) is 9.98 Å². The first kappa shape index (κ1) is 10.9. The number of nitrogens with zero attached hydrogens (tertiary/aromatic N) is 3. The van der Waals surface area contributed by atoms with Crippen molar-refractivity contribution < 1.29 is 0 Å². The number of aliphatic imine (C=N–C) groups is 1. The Bertz CT molecular complexity index is 397. The molecule has 0 atom stereocenters. The molecule has 1 aromatic rings. The van der Waals surface area contributed by atoms with E-state index in [1.807, 2.05) is 20.8 Å². The molecular formula is C10H12ClN3. The second-order valence-corrected chi connectivity index (χ2v) is 3.32. The Morgan fingerprint density at radius 2 is 2.07 bits per heavy atom. The Kier molecular flexibility index (Phi) is 3.36. The average molecular weight is 210 g/mol. The van der Waals surface area contributed by atoms with Gasteiger partial charge in [0, 0.05) is 17.0 Å². The summed E-state index contributed by atoms with van der Waals surface area (Å²) in [4.78, 5) is 12.3. The zero-order valence-electron chi connectivity index (χ0n) is 8.50. The van der Waals surface area contributed by atoms with E-state index >= 15 is 0 Å². The molecule has 0 aliphatic rings. The first-order valence-corrected chi connectivity index (χ1v) is 4.61. The number of halogens is 1. The van der Waals surface area contributed by atoms with Crippen LogP contribution in [0.25, 0.3) is 0 Å². The highest BCUT2D eigenvalue weighted by molar-refractivity contribution is 6.28. The van der Waals surface area contributed by atoms with Gasteiger partial charge >= 0.3 is 0 Å². The molecule has 0 saturated carbocycles. The molecule has 0 aliphatic heterocycles. The fourth-order valence-electron chi connectivity index (χ4n) is 0.902. The molecule has 0 bridgehead atoms. The molecule has 0 spiro atoms. The Balaban J connectivity index is 3.27. The molecule has 0 saturated heterocycles. The second kappa shape index (κ2) is 4.33. The van der Waals surface area contributed by atoms with E-state index in [1.54, 1.807) is 6.08 Å². The van der Waals surface area contributed by atoms with Gasteiger partial charge in [-0.2, -0.15) is 4.98 Å². The van der Waals surface area contributed by atoms with Crippen LogP contribution in [0.1, 0.15) is 18.2 Å². The number of aryl methyl sites for hydroxylation is 1. The second-order valence-electron chi connectivity index (χ2n) is 2.98. The molecule has 1 rings (SSSR count). The average Bonchev–Trinajstić information content (AvgIpc) is 2.13. The summed E-state index contributed by atoms with van der Waals surface area (Å²) in [5.41, 5.74) is 2.60. The molecule has 0 radical (unpaired) electrons. The molecule has 0 unspecified atom stereocenters. The molecule has 0 aliphatic carbocycles. The van der Waals surface area contributed by atoms with Crippen molar-refractivity contribution in [2.75, 3.05) is 0 Å². The molecule has 0 N–H and O–H groups in total. The maximum Gasteiger partial charge on any atom is 0.224 e. The van der Waals surface area contributed by atoms with Crippen LogP contribution in [0.5, 0.6) is 0 Å². The van der Waals surface area contributed by atoms with Crippen molar-refractivity contribution >= 4 is 23.1 Å². The molecule has 4 heteroatoms. The predicted octanol–water partition coefficient (Wildman–Crippen LogP) is 3.03. The molecule has 0 aromatic carbocycles. The van der Waals surface area contributed by atoms with Crippen LogP contribution in [0, 0.1) is 13.8 Å². The van der Waals surface area contributed by atoms with Crippen LogP contribution in [-0.2, 0) is 0 Å². The van der Waals surface area contributed by atoms with Gasteiger partial charge in [-0.15, -0.1) is 0 Å². The standard InChI is InChI=1S/C10H12ClN3/c1-5-6(2)12-9-7(3)8(4)13-10(11)14-9/h5H,1H2,2-4H3. The van der Waals surface area contributed by atoms with Gasteiger partial charge in [0.1, 0.15) is 0 Å². The number of hydrogen-bond donors (Lipinski definition) is 0. The van der Waals surface area contributed by atoms with Gasteiger partial charge in [0.25, 0.3) is 0 Å². The van der Waals surface area contributed by atoms with E-state index in [-0.39, 0.29) is 5.28 Å². The normalized spacial score (nSPS) is 11.6. The summed E-state index contributed by atoms with van der Waals surface area (Å²) in [6.07, 6.45) is 1.67. The minimum Gasteiger partial charge on any atom is -0.234 e. The van der Waals surface area contributed by atoms with Crippen LogP contribution >= 0.6 is 11.6 Å². The number of rotatable bonds is 2.